The molecule has 20 heavy (non-hydrogen) atoms. The van der Waals surface area contributed by atoms with Crippen LogP contribution in [0.3, 0.4) is 0 Å². The lowest BCUT2D eigenvalue weighted by Gasteiger charge is -2.07. The molecule has 0 aliphatic heterocycles. The summed E-state index contributed by atoms with van der Waals surface area (Å²) in [6.07, 6.45) is 0. The highest BCUT2D eigenvalue weighted by Gasteiger charge is 2.13. The summed E-state index contributed by atoms with van der Waals surface area (Å²) in [5.74, 6) is 0. The minimum atomic E-state index is -0.402. The number of nitro benzene ring substituents is 1. The van der Waals surface area contributed by atoms with Gasteiger partial charge in [-0.25, -0.2) is 0 Å². The molecule has 1 N–H and O–H groups in total. The molecule has 0 heterocycles. The van der Waals surface area contributed by atoms with Gasteiger partial charge < -0.3 is 5.32 Å². The summed E-state index contributed by atoms with van der Waals surface area (Å²) < 4.78 is 0.673. The van der Waals surface area contributed by atoms with Crippen molar-refractivity contribution in [3.05, 3.63) is 68.2 Å². The number of anilines is 1. The lowest BCUT2D eigenvalue weighted by molar-refractivity contribution is -0.385. The van der Waals surface area contributed by atoms with Crippen LogP contribution >= 0.6 is 15.9 Å². The van der Waals surface area contributed by atoms with Gasteiger partial charge in [-0.1, -0.05) is 15.9 Å². The molecule has 0 radical (unpaired) electrons. The SMILES string of the molecule is N#Cc1ccc(NCc2ccc(Br)cc2[N+](=O)[O-])cc1. The van der Waals surface area contributed by atoms with Gasteiger partial charge in [-0.05, 0) is 36.4 Å². The Balaban J connectivity index is 2.14. The molecule has 2 rings (SSSR count). The fraction of sp³-hybridized carbons (Fsp3) is 0.0714. The first-order chi connectivity index (χ1) is 9.60. The van der Waals surface area contributed by atoms with E-state index < -0.39 is 4.92 Å². The van der Waals surface area contributed by atoms with Crippen molar-refractivity contribution in [3.63, 3.8) is 0 Å². The van der Waals surface area contributed by atoms with Gasteiger partial charge in [0.2, 0.25) is 0 Å². The monoisotopic (exact) mass is 331 g/mol. The van der Waals surface area contributed by atoms with E-state index in [4.69, 9.17) is 5.26 Å². The molecule has 0 aliphatic rings. The zero-order chi connectivity index (χ0) is 14.5. The first kappa shape index (κ1) is 14.0. The predicted octanol–water partition coefficient (Wildman–Crippen LogP) is 3.84. The number of hydrogen-bond donors (Lipinski definition) is 1. The van der Waals surface area contributed by atoms with Crippen LogP contribution in [0, 0.1) is 21.4 Å². The molecule has 0 bridgehead atoms. The number of nitrogens with zero attached hydrogens (tertiary/aromatic N) is 2. The Labute approximate surface area is 124 Å². The Morgan fingerprint density at radius 3 is 2.55 bits per heavy atom. The fourth-order valence-corrected chi connectivity index (χ4v) is 2.07. The van der Waals surface area contributed by atoms with Crippen molar-refractivity contribution in [2.75, 3.05) is 5.32 Å². The first-order valence-electron chi connectivity index (χ1n) is 5.77. The number of nitriles is 1. The molecular formula is C14H10BrN3O2. The number of rotatable bonds is 4. The molecule has 0 saturated heterocycles. The maximum absolute atomic E-state index is 11.0. The van der Waals surface area contributed by atoms with Gasteiger partial charge in [0, 0.05) is 28.3 Å². The van der Waals surface area contributed by atoms with E-state index in [9.17, 15) is 10.1 Å². The molecule has 0 fully saturated rings. The number of benzene rings is 2. The van der Waals surface area contributed by atoms with Gasteiger partial charge in [0.15, 0.2) is 0 Å². The summed E-state index contributed by atoms with van der Waals surface area (Å²) in [4.78, 5) is 10.6. The fourth-order valence-electron chi connectivity index (χ4n) is 1.72. The summed E-state index contributed by atoms with van der Waals surface area (Å²) in [7, 11) is 0. The summed E-state index contributed by atoms with van der Waals surface area (Å²) >= 11 is 3.22. The predicted molar refractivity (Wildman–Crippen MR) is 79.3 cm³/mol. The molecule has 2 aromatic rings. The van der Waals surface area contributed by atoms with E-state index in [0.717, 1.165) is 5.69 Å². The summed E-state index contributed by atoms with van der Waals surface area (Å²) in [5, 5.41) is 22.8. The standard InChI is InChI=1S/C14H10BrN3O2/c15-12-4-3-11(14(7-12)18(19)20)9-17-13-5-1-10(8-16)2-6-13/h1-7,17H,9H2. The van der Waals surface area contributed by atoms with Gasteiger partial charge in [0.05, 0.1) is 16.6 Å². The van der Waals surface area contributed by atoms with E-state index in [1.807, 2.05) is 6.07 Å². The maximum Gasteiger partial charge on any atom is 0.275 e. The Morgan fingerprint density at radius 2 is 1.95 bits per heavy atom. The van der Waals surface area contributed by atoms with Crippen molar-refractivity contribution in [2.24, 2.45) is 0 Å². The Bertz CT molecular complexity index is 678. The molecule has 0 atom stereocenters. The van der Waals surface area contributed by atoms with E-state index in [0.29, 0.717) is 22.1 Å². The molecule has 0 aromatic heterocycles. The molecule has 0 aliphatic carbocycles. The van der Waals surface area contributed by atoms with E-state index >= 15 is 0 Å². The molecule has 0 spiro atoms. The smallest absolute Gasteiger partial charge is 0.275 e. The van der Waals surface area contributed by atoms with Gasteiger partial charge in [-0.3, -0.25) is 10.1 Å². The Morgan fingerprint density at radius 1 is 1.25 bits per heavy atom. The molecular weight excluding hydrogens is 322 g/mol. The minimum absolute atomic E-state index is 0.0699. The second kappa shape index (κ2) is 6.17. The van der Waals surface area contributed by atoms with E-state index in [1.54, 1.807) is 36.4 Å². The highest BCUT2D eigenvalue weighted by Crippen LogP contribution is 2.24. The molecule has 2 aromatic carbocycles. The maximum atomic E-state index is 11.0. The van der Waals surface area contributed by atoms with Crippen LogP contribution in [-0.4, -0.2) is 4.92 Å². The normalized spacial score (nSPS) is 9.80. The zero-order valence-electron chi connectivity index (χ0n) is 10.3. The van der Waals surface area contributed by atoms with Gasteiger partial charge in [0.25, 0.3) is 5.69 Å². The summed E-state index contributed by atoms with van der Waals surface area (Å²) in [6.45, 7) is 0.343. The van der Waals surface area contributed by atoms with Gasteiger partial charge in [-0.2, -0.15) is 5.26 Å². The van der Waals surface area contributed by atoms with Crippen LogP contribution in [0.15, 0.2) is 46.9 Å². The molecule has 0 unspecified atom stereocenters. The molecule has 0 amide bonds. The third-order valence-electron chi connectivity index (χ3n) is 2.74. The molecule has 5 nitrogen and oxygen atoms in total. The van der Waals surface area contributed by atoms with Crippen LogP contribution in [0.5, 0.6) is 0 Å². The summed E-state index contributed by atoms with van der Waals surface area (Å²) in [6, 6.07) is 13.9. The Hall–Kier alpha value is -2.39. The number of halogens is 1. The average molecular weight is 332 g/mol. The van der Waals surface area contributed by atoms with Crippen molar-refractivity contribution in [3.8, 4) is 6.07 Å². The highest BCUT2D eigenvalue weighted by molar-refractivity contribution is 9.10. The van der Waals surface area contributed by atoms with Crippen LogP contribution < -0.4 is 5.32 Å². The lowest BCUT2D eigenvalue weighted by atomic mass is 10.1. The third kappa shape index (κ3) is 3.33. The molecule has 0 saturated carbocycles. The summed E-state index contributed by atoms with van der Waals surface area (Å²) in [5.41, 5.74) is 2.05. The van der Waals surface area contributed by atoms with Gasteiger partial charge >= 0.3 is 0 Å². The minimum Gasteiger partial charge on any atom is -0.381 e. The second-order valence-electron chi connectivity index (χ2n) is 4.07. The van der Waals surface area contributed by atoms with Crippen LogP contribution in [0.1, 0.15) is 11.1 Å². The van der Waals surface area contributed by atoms with Crippen LogP contribution in [0.25, 0.3) is 0 Å². The quantitative estimate of drug-likeness (QED) is 0.681. The van der Waals surface area contributed by atoms with Crippen LogP contribution in [0.4, 0.5) is 11.4 Å². The first-order valence-corrected chi connectivity index (χ1v) is 6.56. The topological polar surface area (TPSA) is 79.0 Å². The van der Waals surface area contributed by atoms with E-state index in [-0.39, 0.29) is 5.69 Å². The Kier molecular flexibility index (Phi) is 4.33. The number of nitrogens with one attached hydrogen (secondary N) is 1. The number of hydrogen-bond acceptors (Lipinski definition) is 4. The van der Waals surface area contributed by atoms with Crippen molar-refractivity contribution < 1.29 is 4.92 Å². The van der Waals surface area contributed by atoms with Crippen molar-refractivity contribution >= 4 is 27.3 Å². The largest absolute Gasteiger partial charge is 0.381 e. The van der Waals surface area contributed by atoms with Crippen molar-refractivity contribution in [2.45, 2.75) is 6.54 Å². The van der Waals surface area contributed by atoms with Gasteiger partial charge in [0.1, 0.15) is 0 Å². The lowest BCUT2D eigenvalue weighted by Crippen LogP contribution is -2.03. The van der Waals surface area contributed by atoms with Crippen molar-refractivity contribution in [1.82, 2.24) is 0 Å². The van der Waals surface area contributed by atoms with Crippen LogP contribution in [0.2, 0.25) is 0 Å². The van der Waals surface area contributed by atoms with Crippen molar-refractivity contribution in [1.29, 1.82) is 5.26 Å². The zero-order valence-corrected chi connectivity index (χ0v) is 11.9. The van der Waals surface area contributed by atoms with E-state index in [1.165, 1.54) is 6.07 Å². The second-order valence-corrected chi connectivity index (χ2v) is 4.99. The van der Waals surface area contributed by atoms with E-state index in [2.05, 4.69) is 21.2 Å². The van der Waals surface area contributed by atoms with Gasteiger partial charge in [-0.15, -0.1) is 0 Å². The van der Waals surface area contributed by atoms with Crippen LogP contribution in [-0.2, 0) is 6.54 Å². The number of nitro groups is 1. The molecule has 100 valence electrons. The molecule has 6 heteroatoms. The average Bonchev–Trinajstić information content (AvgIpc) is 2.46. The highest BCUT2D eigenvalue weighted by atomic mass is 79.9. The third-order valence-corrected chi connectivity index (χ3v) is 3.23.